The monoisotopic (exact) mass is 279 g/mol. The van der Waals surface area contributed by atoms with E-state index in [9.17, 15) is 9.59 Å². The number of carbonyl (C=O) groups is 2. The third kappa shape index (κ3) is 10.1. The van der Waals surface area contributed by atoms with Crippen LogP contribution in [-0.2, 0) is 20.9 Å². The Labute approximate surface area is 121 Å². The molecule has 0 bridgehead atoms. The lowest BCUT2D eigenvalue weighted by Crippen LogP contribution is -2.30. The Bertz CT molecular complexity index is 377. The first-order valence-electron chi connectivity index (χ1n) is 7.10. The number of esters is 1. The smallest absolute Gasteiger partial charge is 0.325 e. The van der Waals surface area contributed by atoms with Gasteiger partial charge in [0.1, 0.15) is 13.2 Å². The van der Waals surface area contributed by atoms with Gasteiger partial charge in [-0.3, -0.25) is 9.59 Å². The molecule has 0 spiro atoms. The molecule has 112 valence electrons. The van der Waals surface area contributed by atoms with Gasteiger partial charge in [0, 0.05) is 6.42 Å². The van der Waals surface area contributed by atoms with E-state index in [1.807, 2.05) is 37.3 Å². The van der Waals surface area contributed by atoms with Crippen molar-refractivity contribution in [2.45, 2.75) is 46.6 Å². The Morgan fingerprint density at radius 3 is 2.25 bits per heavy atom. The summed E-state index contributed by atoms with van der Waals surface area (Å²) in [5.41, 5.74) is 0.931. The molecule has 0 atom stereocenters. The second-order valence-electron chi connectivity index (χ2n) is 4.38. The third-order valence-electron chi connectivity index (χ3n) is 2.15. The van der Waals surface area contributed by atoms with Crippen molar-refractivity contribution in [3.8, 4) is 0 Å². The quantitative estimate of drug-likeness (QED) is 0.814. The number of rotatable bonds is 6. The highest BCUT2D eigenvalue weighted by molar-refractivity contribution is 5.81. The number of hydrogen-bond acceptors (Lipinski definition) is 3. The van der Waals surface area contributed by atoms with Crippen LogP contribution in [0.1, 0.15) is 45.6 Å². The molecule has 0 radical (unpaired) electrons. The number of amides is 1. The number of carbonyl (C=O) groups excluding carboxylic acids is 2. The number of hydrogen-bond donors (Lipinski definition) is 1. The molecule has 4 heteroatoms. The molecule has 0 fully saturated rings. The van der Waals surface area contributed by atoms with Gasteiger partial charge in [-0.05, 0) is 12.0 Å². The molecule has 0 aromatic heterocycles. The van der Waals surface area contributed by atoms with Gasteiger partial charge in [0.2, 0.25) is 5.91 Å². The second-order valence-corrected chi connectivity index (χ2v) is 4.38. The molecule has 20 heavy (non-hydrogen) atoms. The lowest BCUT2D eigenvalue weighted by molar-refractivity contribution is -0.145. The van der Waals surface area contributed by atoms with Gasteiger partial charge in [-0.1, -0.05) is 57.5 Å². The molecular weight excluding hydrogens is 254 g/mol. The molecule has 1 N–H and O–H groups in total. The Hall–Kier alpha value is -1.84. The summed E-state index contributed by atoms with van der Waals surface area (Å²) in [6, 6.07) is 9.42. The Morgan fingerprint density at radius 2 is 1.70 bits per heavy atom. The van der Waals surface area contributed by atoms with E-state index in [1.54, 1.807) is 0 Å². The van der Waals surface area contributed by atoms with Crippen LogP contribution in [0.25, 0.3) is 0 Å². The molecule has 1 amide bonds. The summed E-state index contributed by atoms with van der Waals surface area (Å²) in [6.45, 7) is 6.34. The number of ether oxygens (including phenoxy) is 1. The first-order chi connectivity index (χ1) is 9.63. The summed E-state index contributed by atoms with van der Waals surface area (Å²) < 4.78 is 5.00. The summed E-state index contributed by atoms with van der Waals surface area (Å²) >= 11 is 0. The molecule has 4 nitrogen and oxygen atoms in total. The molecular formula is C16H25NO3. The van der Waals surface area contributed by atoms with E-state index in [0.29, 0.717) is 6.42 Å². The zero-order chi connectivity index (χ0) is 15.2. The maximum atomic E-state index is 11.3. The van der Waals surface area contributed by atoms with Crippen molar-refractivity contribution in [2.24, 2.45) is 0 Å². The molecule has 0 heterocycles. The van der Waals surface area contributed by atoms with Gasteiger partial charge in [0.25, 0.3) is 0 Å². The van der Waals surface area contributed by atoms with Crippen LogP contribution in [0.3, 0.4) is 0 Å². The normalized spacial score (nSPS) is 9.15. The molecule has 0 aliphatic carbocycles. The van der Waals surface area contributed by atoms with Crippen LogP contribution in [0.2, 0.25) is 0 Å². The zero-order valence-electron chi connectivity index (χ0n) is 12.6. The SMILES string of the molecule is CCC.CCCC(=O)NCC(=O)OCc1ccccc1. The van der Waals surface area contributed by atoms with Gasteiger partial charge >= 0.3 is 5.97 Å². The van der Waals surface area contributed by atoms with Gasteiger partial charge in [0.05, 0.1) is 0 Å². The van der Waals surface area contributed by atoms with Crippen LogP contribution in [0.4, 0.5) is 0 Å². The largest absolute Gasteiger partial charge is 0.460 e. The summed E-state index contributed by atoms with van der Waals surface area (Å²) in [5.74, 6) is -0.539. The Morgan fingerprint density at radius 1 is 1.10 bits per heavy atom. The van der Waals surface area contributed by atoms with Gasteiger partial charge < -0.3 is 10.1 Å². The van der Waals surface area contributed by atoms with E-state index in [4.69, 9.17) is 4.74 Å². The van der Waals surface area contributed by atoms with Crippen molar-refractivity contribution in [2.75, 3.05) is 6.54 Å². The lowest BCUT2D eigenvalue weighted by Gasteiger charge is -2.06. The van der Waals surface area contributed by atoms with E-state index in [1.165, 1.54) is 6.42 Å². The standard InChI is InChI=1S/C13H17NO3.C3H8/c1-2-6-12(15)14-9-13(16)17-10-11-7-4-3-5-8-11;1-3-2/h3-5,7-8H,2,6,9-10H2,1H3,(H,14,15);3H2,1-2H3. The molecule has 0 aliphatic heterocycles. The molecule has 0 saturated heterocycles. The zero-order valence-corrected chi connectivity index (χ0v) is 12.6. The topological polar surface area (TPSA) is 55.4 Å². The minimum Gasteiger partial charge on any atom is -0.460 e. The maximum absolute atomic E-state index is 11.3. The highest BCUT2D eigenvalue weighted by Crippen LogP contribution is 2.00. The first kappa shape index (κ1) is 18.2. The molecule has 1 aromatic rings. The summed E-state index contributed by atoms with van der Waals surface area (Å²) in [5, 5.41) is 2.51. The van der Waals surface area contributed by atoms with Crippen LogP contribution in [0, 0.1) is 0 Å². The highest BCUT2D eigenvalue weighted by Gasteiger charge is 2.05. The fourth-order valence-corrected chi connectivity index (χ4v) is 1.28. The molecule has 1 rings (SSSR count). The third-order valence-corrected chi connectivity index (χ3v) is 2.15. The van der Waals surface area contributed by atoms with Crippen molar-refractivity contribution in [1.82, 2.24) is 5.32 Å². The van der Waals surface area contributed by atoms with E-state index < -0.39 is 5.97 Å². The molecule has 0 aliphatic rings. The fraction of sp³-hybridized carbons (Fsp3) is 0.500. The second kappa shape index (κ2) is 12.2. The summed E-state index contributed by atoms with van der Waals surface area (Å²) in [7, 11) is 0. The van der Waals surface area contributed by atoms with Crippen molar-refractivity contribution in [3.05, 3.63) is 35.9 Å². The summed E-state index contributed by atoms with van der Waals surface area (Å²) in [6.07, 6.45) is 2.46. The fourth-order valence-electron chi connectivity index (χ4n) is 1.28. The molecule has 0 unspecified atom stereocenters. The number of benzene rings is 1. The van der Waals surface area contributed by atoms with E-state index in [2.05, 4.69) is 19.2 Å². The molecule has 1 aromatic carbocycles. The van der Waals surface area contributed by atoms with Gasteiger partial charge in [0.15, 0.2) is 0 Å². The Balaban J connectivity index is 0.00000110. The van der Waals surface area contributed by atoms with Crippen LogP contribution < -0.4 is 5.32 Å². The summed E-state index contributed by atoms with van der Waals surface area (Å²) in [4.78, 5) is 22.4. The highest BCUT2D eigenvalue weighted by atomic mass is 16.5. The van der Waals surface area contributed by atoms with Crippen molar-refractivity contribution in [1.29, 1.82) is 0 Å². The van der Waals surface area contributed by atoms with Crippen LogP contribution in [-0.4, -0.2) is 18.4 Å². The van der Waals surface area contributed by atoms with E-state index >= 15 is 0 Å². The first-order valence-corrected chi connectivity index (χ1v) is 7.10. The predicted molar refractivity (Wildman–Crippen MR) is 80.1 cm³/mol. The van der Waals surface area contributed by atoms with E-state index in [-0.39, 0.29) is 19.1 Å². The van der Waals surface area contributed by atoms with Crippen LogP contribution in [0.5, 0.6) is 0 Å². The predicted octanol–water partition coefficient (Wildman–Crippen LogP) is 3.06. The van der Waals surface area contributed by atoms with Gasteiger partial charge in [-0.2, -0.15) is 0 Å². The van der Waals surface area contributed by atoms with Gasteiger partial charge in [-0.25, -0.2) is 0 Å². The lowest BCUT2D eigenvalue weighted by atomic mass is 10.2. The van der Waals surface area contributed by atoms with Crippen molar-refractivity contribution < 1.29 is 14.3 Å². The van der Waals surface area contributed by atoms with E-state index in [0.717, 1.165) is 12.0 Å². The number of nitrogens with one attached hydrogen (secondary N) is 1. The Kier molecular flexibility index (Phi) is 11.1. The van der Waals surface area contributed by atoms with Crippen LogP contribution >= 0.6 is 0 Å². The van der Waals surface area contributed by atoms with Crippen molar-refractivity contribution >= 4 is 11.9 Å². The minimum atomic E-state index is -0.418. The van der Waals surface area contributed by atoms with Crippen molar-refractivity contribution in [3.63, 3.8) is 0 Å². The minimum absolute atomic E-state index is 0.0638. The average molecular weight is 279 g/mol. The van der Waals surface area contributed by atoms with Gasteiger partial charge in [-0.15, -0.1) is 0 Å². The molecule has 0 saturated carbocycles. The average Bonchev–Trinajstić information content (AvgIpc) is 2.45. The van der Waals surface area contributed by atoms with Crippen LogP contribution in [0.15, 0.2) is 30.3 Å². The maximum Gasteiger partial charge on any atom is 0.325 e.